The van der Waals surface area contributed by atoms with Crippen LogP contribution in [-0.2, 0) is 0 Å². The lowest BCUT2D eigenvalue weighted by Gasteiger charge is -2.03. The predicted octanol–water partition coefficient (Wildman–Crippen LogP) is 2.76. The molecule has 0 saturated heterocycles. The van der Waals surface area contributed by atoms with Gasteiger partial charge in [0.25, 0.3) is 0 Å². The Morgan fingerprint density at radius 2 is 2.00 bits per heavy atom. The highest BCUT2D eigenvalue weighted by molar-refractivity contribution is 6.84. The van der Waals surface area contributed by atoms with E-state index in [2.05, 4.69) is 31.1 Å². The van der Waals surface area contributed by atoms with Crippen molar-refractivity contribution in [3.05, 3.63) is 29.8 Å². The Bertz CT molecular complexity index is 447. The Morgan fingerprint density at radius 1 is 1.31 bits per heavy atom. The molecule has 0 aromatic heterocycles. The summed E-state index contributed by atoms with van der Waals surface area (Å²) >= 11 is 0. The van der Waals surface area contributed by atoms with E-state index >= 15 is 0 Å². The molecular weight excluding hydrogens is 216 g/mol. The molecule has 2 nitrogen and oxygen atoms in total. The van der Waals surface area contributed by atoms with Crippen molar-refractivity contribution in [2.75, 3.05) is 7.11 Å². The molecular formula is C13H16O2Si. The monoisotopic (exact) mass is 232 g/mol. The molecule has 0 saturated carbocycles. The first-order chi connectivity index (χ1) is 7.42. The first-order valence-electron chi connectivity index (χ1n) is 5.14. The first-order valence-corrected chi connectivity index (χ1v) is 8.64. The Hall–Kier alpha value is -1.53. The number of ether oxygens (including phenoxy) is 1. The summed E-state index contributed by atoms with van der Waals surface area (Å²) in [6.07, 6.45) is 0. The van der Waals surface area contributed by atoms with Crippen LogP contribution in [-0.4, -0.2) is 21.0 Å². The lowest BCUT2D eigenvalue weighted by molar-refractivity contribution is 0.105. The van der Waals surface area contributed by atoms with Crippen molar-refractivity contribution in [3.63, 3.8) is 0 Å². The molecule has 0 spiro atoms. The molecule has 0 aliphatic carbocycles. The number of hydrogen-bond donors (Lipinski definition) is 0. The molecule has 0 bridgehead atoms. The quantitative estimate of drug-likeness (QED) is 0.445. The fourth-order valence-electron chi connectivity index (χ4n) is 1.08. The Balaban J connectivity index is 2.92. The van der Waals surface area contributed by atoms with E-state index in [-0.39, 0.29) is 5.78 Å². The van der Waals surface area contributed by atoms with Crippen molar-refractivity contribution >= 4 is 13.9 Å². The van der Waals surface area contributed by atoms with Gasteiger partial charge in [-0.15, -0.1) is 5.54 Å². The molecule has 0 atom stereocenters. The van der Waals surface area contributed by atoms with E-state index in [0.29, 0.717) is 11.3 Å². The molecule has 0 aliphatic rings. The number of benzene rings is 1. The molecule has 0 heterocycles. The Labute approximate surface area is 97.6 Å². The third kappa shape index (κ3) is 3.91. The zero-order valence-electron chi connectivity index (χ0n) is 10.1. The predicted molar refractivity (Wildman–Crippen MR) is 68.4 cm³/mol. The molecule has 0 unspecified atom stereocenters. The van der Waals surface area contributed by atoms with Crippen molar-refractivity contribution in [1.29, 1.82) is 0 Å². The maximum absolute atomic E-state index is 11.8. The fraction of sp³-hybridized carbons (Fsp3) is 0.308. The van der Waals surface area contributed by atoms with Gasteiger partial charge >= 0.3 is 0 Å². The molecule has 1 rings (SSSR count). The number of Topliss-reactive ketones (excluding diaryl/α,β-unsaturated/α-hetero) is 1. The molecule has 3 heteroatoms. The molecule has 0 amide bonds. The second-order valence-electron chi connectivity index (χ2n) is 4.56. The zero-order chi connectivity index (χ0) is 12.2. The number of carbonyl (C=O) groups is 1. The fourth-order valence-corrected chi connectivity index (χ4v) is 1.57. The maximum Gasteiger partial charge on any atom is 0.235 e. The van der Waals surface area contributed by atoms with Gasteiger partial charge in [0.1, 0.15) is 13.8 Å². The number of carbonyl (C=O) groups excluding carboxylic acids is 1. The topological polar surface area (TPSA) is 26.3 Å². The molecule has 0 radical (unpaired) electrons. The summed E-state index contributed by atoms with van der Waals surface area (Å²) < 4.78 is 5.06. The summed E-state index contributed by atoms with van der Waals surface area (Å²) in [5, 5.41) is 0. The average molecular weight is 232 g/mol. The summed E-state index contributed by atoms with van der Waals surface area (Å²) in [6.45, 7) is 6.33. The normalized spacial score (nSPS) is 10.2. The number of ketones is 1. The maximum atomic E-state index is 11.8. The average Bonchev–Trinajstić information content (AvgIpc) is 2.25. The third-order valence-corrected chi connectivity index (χ3v) is 2.76. The van der Waals surface area contributed by atoms with Crippen molar-refractivity contribution < 1.29 is 9.53 Å². The van der Waals surface area contributed by atoms with Crippen molar-refractivity contribution in [2.24, 2.45) is 0 Å². The number of rotatable bonds is 2. The summed E-state index contributed by atoms with van der Waals surface area (Å²) in [6, 6.07) is 7.07. The van der Waals surface area contributed by atoms with Crippen LogP contribution in [0.2, 0.25) is 19.6 Å². The first kappa shape index (κ1) is 12.5. The van der Waals surface area contributed by atoms with Gasteiger partial charge in [0.2, 0.25) is 5.78 Å². The minimum absolute atomic E-state index is 0.138. The van der Waals surface area contributed by atoms with Crippen molar-refractivity contribution in [3.8, 4) is 17.2 Å². The molecule has 84 valence electrons. The van der Waals surface area contributed by atoms with E-state index in [1.54, 1.807) is 25.3 Å². The van der Waals surface area contributed by atoms with E-state index in [9.17, 15) is 4.79 Å². The van der Waals surface area contributed by atoms with Crippen LogP contribution in [0.1, 0.15) is 10.4 Å². The van der Waals surface area contributed by atoms with Crippen LogP contribution in [0.15, 0.2) is 24.3 Å². The summed E-state index contributed by atoms with van der Waals surface area (Å²) in [5.41, 5.74) is 3.64. The van der Waals surface area contributed by atoms with Gasteiger partial charge in [0.05, 0.1) is 7.11 Å². The zero-order valence-corrected chi connectivity index (χ0v) is 11.1. The number of methoxy groups -OCH3 is 1. The van der Waals surface area contributed by atoms with E-state index in [1.165, 1.54) is 0 Å². The van der Waals surface area contributed by atoms with Gasteiger partial charge in [-0.1, -0.05) is 31.8 Å². The second kappa shape index (κ2) is 5.00. The lowest BCUT2D eigenvalue weighted by atomic mass is 10.1. The van der Waals surface area contributed by atoms with Gasteiger partial charge in [0, 0.05) is 5.56 Å². The van der Waals surface area contributed by atoms with Crippen LogP contribution in [0.3, 0.4) is 0 Å². The molecule has 1 aromatic rings. The minimum Gasteiger partial charge on any atom is -0.497 e. The van der Waals surface area contributed by atoms with E-state index in [0.717, 1.165) is 0 Å². The Kier molecular flexibility index (Phi) is 3.91. The molecule has 0 N–H and O–H groups in total. The summed E-state index contributed by atoms with van der Waals surface area (Å²) in [5.74, 6) is 3.25. The van der Waals surface area contributed by atoms with Gasteiger partial charge in [-0.3, -0.25) is 4.79 Å². The van der Waals surface area contributed by atoms with Crippen LogP contribution in [0.5, 0.6) is 5.75 Å². The molecule has 1 aromatic carbocycles. The molecule has 0 aliphatic heterocycles. The highest BCUT2D eigenvalue weighted by atomic mass is 28.3. The van der Waals surface area contributed by atoms with Crippen molar-refractivity contribution in [1.82, 2.24) is 0 Å². The smallest absolute Gasteiger partial charge is 0.235 e. The standard InChI is InChI=1S/C13H16O2Si/c1-15-12-7-5-6-11(10-12)13(14)8-9-16(2,3)4/h5-7,10H,1-4H3. The van der Waals surface area contributed by atoms with Crippen LogP contribution >= 0.6 is 0 Å². The van der Waals surface area contributed by atoms with Crippen LogP contribution in [0.4, 0.5) is 0 Å². The molecule has 16 heavy (non-hydrogen) atoms. The van der Waals surface area contributed by atoms with Gasteiger partial charge in [-0.05, 0) is 18.1 Å². The summed E-state index contributed by atoms with van der Waals surface area (Å²) in [4.78, 5) is 11.8. The SMILES string of the molecule is COc1cccc(C(=O)C#C[Si](C)(C)C)c1. The van der Waals surface area contributed by atoms with Gasteiger partial charge in [-0.2, -0.15) is 0 Å². The van der Waals surface area contributed by atoms with Crippen LogP contribution in [0, 0.1) is 11.5 Å². The summed E-state index contributed by atoms with van der Waals surface area (Å²) in [7, 11) is 0.0927. The van der Waals surface area contributed by atoms with Gasteiger partial charge < -0.3 is 4.74 Å². The van der Waals surface area contributed by atoms with Gasteiger partial charge in [-0.25, -0.2) is 0 Å². The highest BCUT2D eigenvalue weighted by Crippen LogP contribution is 2.12. The number of hydrogen-bond acceptors (Lipinski definition) is 2. The molecule has 0 fully saturated rings. The van der Waals surface area contributed by atoms with E-state index in [1.807, 2.05) is 6.07 Å². The lowest BCUT2D eigenvalue weighted by Crippen LogP contribution is -2.17. The van der Waals surface area contributed by atoms with E-state index < -0.39 is 8.07 Å². The van der Waals surface area contributed by atoms with Gasteiger partial charge in [0.15, 0.2) is 0 Å². The van der Waals surface area contributed by atoms with Crippen LogP contribution < -0.4 is 4.74 Å². The largest absolute Gasteiger partial charge is 0.497 e. The highest BCUT2D eigenvalue weighted by Gasteiger charge is 2.09. The van der Waals surface area contributed by atoms with Crippen molar-refractivity contribution in [2.45, 2.75) is 19.6 Å². The van der Waals surface area contributed by atoms with E-state index in [4.69, 9.17) is 4.74 Å². The third-order valence-electron chi connectivity index (χ3n) is 1.88. The minimum atomic E-state index is -1.49. The second-order valence-corrected chi connectivity index (χ2v) is 9.31. The Morgan fingerprint density at radius 3 is 2.56 bits per heavy atom. The van der Waals surface area contributed by atoms with Crippen LogP contribution in [0.25, 0.3) is 0 Å².